The molecule has 0 aliphatic heterocycles. The van der Waals surface area contributed by atoms with Crippen molar-refractivity contribution in [3.05, 3.63) is 28.2 Å². The summed E-state index contributed by atoms with van der Waals surface area (Å²) in [7, 11) is 0. The topological polar surface area (TPSA) is 108 Å². The van der Waals surface area contributed by atoms with Crippen LogP contribution in [0.1, 0.15) is 17.3 Å². The van der Waals surface area contributed by atoms with Crippen molar-refractivity contribution < 1.29 is 19.5 Å². The minimum atomic E-state index is -1.16. The van der Waals surface area contributed by atoms with E-state index >= 15 is 0 Å². The number of likely N-dealkylation sites (N-methyl/N-ethyl adjacent to an activating group) is 1. The second-order valence-corrected chi connectivity index (χ2v) is 4.67. The SMILES string of the molecule is CCNC(=O)CNC(=O)Nc1cc(Br)ccc1C(=O)O. The molecule has 1 aromatic carbocycles. The van der Waals surface area contributed by atoms with Crippen molar-refractivity contribution in [1.29, 1.82) is 0 Å². The van der Waals surface area contributed by atoms with Crippen LogP contribution >= 0.6 is 15.9 Å². The number of hydrogen-bond acceptors (Lipinski definition) is 3. The number of carbonyl (C=O) groups is 3. The van der Waals surface area contributed by atoms with Crippen LogP contribution in [0.2, 0.25) is 0 Å². The fraction of sp³-hybridized carbons (Fsp3) is 0.250. The Labute approximate surface area is 123 Å². The van der Waals surface area contributed by atoms with E-state index in [1.165, 1.54) is 12.1 Å². The summed E-state index contributed by atoms with van der Waals surface area (Å²) in [6.07, 6.45) is 0. The van der Waals surface area contributed by atoms with Crippen LogP contribution in [0.3, 0.4) is 0 Å². The first-order chi connectivity index (χ1) is 9.43. The predicted octanol–water partition coefficient (Wildman–Crippen LogP) is 1.40. The van der Waals surface area contributed by atoms with Crippen molar-refractivity contribution in [2.75, 3.05) is 18.4 Å². The lowest BCUT2D eigenvalue weighted by Gasteiger charge is -2.10. The number of hydrogen-bond donors (Lipinski definition) is 4. The van der Waals surface area contributed by atoms with Crippen molar-refractivity contribution >= 4 is 39.5 Å². The molecule has 0 saturated carbocycles. The van der Waals surface area contributed by atoms with Crippen LogP contribution in [0.5, 0.6) is 0 Å². The maximum absolute atomic E-state index is 11.6. The van der Waals surface area contributed by atoms with Crippen LogP contribution in [0.25, 0.3) is 0 Å². The van der Waals surface area contributed by atoms with Gasteiger partial charge in [-0.3, -0.25) is 4.79 Å². The highest BCUT2D eigenvalue weighted by molar-refractivity contribution is 9.10. The number of amides is 3. The molecule has 0 aromatic heterocycles. The van der Waals surface area contributed by atoms with Crippen molar-refractivity contribution in [1.82, 2.24) is 10.6 Å². The number of anilines is 1. The monoisotopic (exact) mass is 343 g/mol. The van der Waals surface area contributed by atoms with Gasteiger partial charge in [0.15, 0.2) is 0 Å². The highest BCUT2D eigenvalue weighted by atomic mass is 79.9. The Kier molecular flexibility index (Phi) is 5.98. The molecule has 0 fully saturated rings. The van der Waals surface area contributed by atoms with E-state index in [-0.39, 0.29) is 23.7 Å². The number of carbonyl (C=O) groups excluding carboxylic acids is 2. The molecule has 0 unspecified atom stereocenters. The molecule has 7 nitrogen and oxygen atoms in total. The fourth-order valence-electron chi connectivity index (χ4n) is 1.39. The zero-order valence-corrected chi connectivity index (χ0v) is 12.3. The summed E-state index contributed by atoms with van der Waals surface area (Å²) in [5.74, 6) is -1.48. The van der Waals surface area contributed by atoms with E-state index in [9.17, 15) is 14.4 Å². The summed E-state index contributed by atoms with van der Waals surface area (Å²) in [5.41, 5.74) is 0.0987. The molecule has 3 amide bonds. The van der Waals surface area contributed by atoms with Crippen molar-refractivity contribution in [3.63, 3.8) is 0 Å². The van der Waals surface area contributed by atoms with Gasteiger partial charge in [-0.05, 0) is 25.1 Å². The first-order valence-electron chi connectivity index (χ1n) is 5.78. The third kappa shape index (κ3) is 4.88. The Hall–Kier alpha value is -2.09. The van der Waals surface area contributed by atoms with E-state index in [0.717, 1.165) is 0 Å². The number of aromatic carboxylic acids is 1. The van der Waals surface area contributed by atoms with Gasteiger partial charge in [-0.1, -0.05) is 15.9 Å². The fourth-order valence-corrected chi connectivity index (χ4v) is 1.75. The third-order valence-electron chi connectivity index (χ3n) is 2.24. The number of benzene rings is 1. The van der Waals surface area contributed by atoms with Crippen LogP contribution in [0, 0.1) is 0 Å². The largest absolute Gasteiger partial charge is 0.478 e. The van der Waals surface area contributed by atoms with Gasteiger partial charge in [0.05, 0.1) is 17.8 Å². The smallest absolute Gasteiger partial charge is 0.337 e. The molecule has 0 radical (unpaired) electrons. The van der Waals surface area contributed by atoms with Crippen LogP contribution in [-0.4, -0.2) is 36.1 Å². The molecule has 0 aliphatic rings. The molecular formula is C12H14BrN3O4. The van der Waals surface area contributed by atoms with Gasteiger partial charge in [0.25, 0.3) is 0 Å². The molecule has 108 valence electrons. The molecule has 1 aromatic rings. The molecule has 1 rings (SSSR count). The number of carboxylic acids is 1. The quantitative estimate of drug-likeness (QED) is 0.648. The Morgan fingerprint density at radius 2 is 1.95 bits per heavy atom. The molecule has 0 saturated heterocycles. The highest BCUT2D eigenvalue weighted by Crippen LogP contribution is 2.21. The number of nitrogens with one attached hydrogen (secondary N) is 3. The highest BCUT2D eigenvalue weighted by Gasteiger charge is 2.13. The summed E-state index contributed by atoms with van der Waals surface area (Å²) >= 11 is 3.19. The standard InChI is InChI=1S/C12H14BrN3O4/c1-2-14-10(17)6-15-12(20)16-9-5-7(13)3-4-8(9)11(18)19/h3-5H,2,6H2,1H3,(H,14,17)(H,18,19)(H2,15,16,20). The molecule has 8 heteroatoms. The predicted molar refractivity (Wildman–Crippen MR) is 76.8 cm³/mol. The van der Waals surface area contributed by atoms with E-state index in [2.05, 4.69) is 31.9 Å². The summed E-state index contributed by atoms with van der Waals surface area (Å²) in [4.78, 5) is 33.8. The first-order valence-corrected chi connectivity index (χ1v) is 6.57. The lowest BCUT2D eigenvalue weighted by Crippen LogP contribution is -2.39. The van der Waals surface area contributed by atoms with Gasteiger partial charge < -0.3 is 21.1 Å². The first kappa shape index (κ1) is 16.0. The molecule has 0 heterocycles. The normalized spacial score (nSPS) is 9.70. The Balaban J connectivity index is 2.68. The Morgan fingerprint density at radius 3 is 2.55 bits per heavy atom. The van der Waals surface area contributed by atoms with E-state index in [4.69, 9.17) is 5.11 Å². The minimum absolute atomic E-state index is 0.0404. The number of carboxylic acid groups (broad SMARTS) is 1. The van der Waals surface area contributed by atoms with Gasteiger partial charge in [-0.25, -0.2) is 9.59 Å². The number of rotatable bonds is 5. The van der Waals surface area contributed by atoms with E-state index in [0.29, 0.717) is 11.0 Å². The van der Waals surface area contributed by atoms with E-state index in [1.807, 2.05) is 0 Å². The van der Waals surface area contributed by atoms with E-state index < -0.39 is 12.0 Å². The number of halogens is 1. The van der Waals surface area contributed by atoms with Crippen LogP contribution in [0.15, 0.2) is 22.7 Å². The zero-order valence-electron chi connectivity index (χ0n) is 10.7. The molecular weight excluding hydrogens is 330 g/mol. The molecule has 4 N–H and O–H groups in total. The van der Waals surface area contributed by atoms with Gasteiger partial charge in [-0.2, -0.15) is 0 Å². The van der Waals surface area contributed by atoms with Gasteiger partial charge in [-0.15, -0.1) is 0 Å². The van der Waals surface area contributed by atoms with Crippen LogP contribution in [0.4, 0.5) is 10.5 Å². The minimum Gasteiger partial charge on any atom is -0.478 e. The van der Waals surface area contributed by atoms with Gasteiger partial charge in [0, 0.05) is 11.0 Å². The summed E-state index contributed by atoms with van der Waals surface area (Å²) in [5, 5.41) is 16.2. The van der Waals surface area contributed by atoms with Crippen LogP contribution in [-0.2, 0) is 4.79 Å². The van der Waals surface area contributed by atoms with Crippen LogP contribution < -0.4 is 16.0 Å². The molecule has 0 aliphatic carbocycles. The average molecular weight is 344 g/mol. The lowest BCUT2D eigenvalue weighted by atomic mass is 10.2. The second-order valence-electron chi connectivity index (χ2n) is 3.76. The van der Waals surface area contributed by atoms with Crippen molar-refractivity contribution in [3.8, 4) is 0 Å². The molecule has 0 spiro atoms. The maximum atomic E-state index is 11.6. The maximum Gasteiger partial charge on any atom is 0.337 e. The Bertz CT molecular complexity index is 533. The van der Waals surface area contributed by atoms with Crippen molar-refractivity contribution in [2.24, 2.45) is 0 Å². The number of urea groups is 1. The average Bonchev–Trinajstić information content (AvgIpc) is 2.36. The molecule has 0 atom stereocenters. The summed E-state index contributed by atoms with van der Waals surface area (Å²) in [6.45, 7) is 2.05. The van der Waals surface area contributed by atoms with Gasteiger partial charge in [0.1, 0.15) is 0 Å². The molecule has 20 heavy (non-hydrogen) atoms. The summed E-state index contributed by atoms with van der Waals surface area (Å²) in [6, 6.07) is 3.74. The van der Waals surface area contributed by atoms with Gasteiger partial charge >= 0.3 is 12.0 Å². The lowest BCUT2D eigenvalue weighted by molar-refractivity contribution is -0.119. The summed E-state index contributed by atoms with van der Waals surface area (Å²) < 4.78 is 0.626. The van der Waals surface area contributed by atoms with E-state index in [1.54, 1.807) is 13.0 Å². The molecule has 0 bridgehead atoms. The zero-order chi connectivity index (χ0) is 15.1. The van der Waals surface area contributed by atoms with Gasteiger partial charge in [0.2, 0.25) is 5.91 Å². The second kappa shape index (κ2) is 7.49. The third-order valence-corrected chi connectivity index (χ3v) is 2.74. The Morgan fingerprint density at radius 1 is 1.25 bits per heavy atom. The van der Waals surface area contributed by atoms with Crippen molar-refractivity contribution in [2.45, 2.75) is 6.92 Å².